The van der Waals surface area contributed by atoms with E-state index in [-0.39, 0.29) is 12.8 Å². The summed E-state index contributed by atoms with van der Waals surface area (Å²) in [7, 11) is 0. The van der Waals surface area contributed by atoms with Gasteiger partial charge in [-0.3, -0.25) is 0 Å². The monoisotopic (exact) mass is 608 g/mol. The Labute approximate surface area is 264 Å². The Morgan fingerprint density at radius 2 is 1.17 bits per heavy atom. The molecular formula is C35H62Cl2N4. The molecule has 0 amide bonds. The number of hydrogen-bond donors (Lipinski definition) is 3. The van der Waals surface area contributed by atoms with Crippen LogP contribution in [-0.4, -0.2) is 49.0 Å². The number of nitrogens with one attached hydrogen (secondary N) is 2. The average Bonchev–Trinajstić information content (AvgIpc) is 2.93. The van der Waals surface area contributed by atoms with Crippen molar-refractivity contribution in [2.45, 2.75) is 128 Å². The lowest BCUT2D eigenvalue weighted by molar-refractivity contribution is 0.403. The molecule has 6 heteroatoms. The minimum atomic E-state index is 0. The molecule has 1 aliphatic heterocycles. The second-order valence-electron chi connectivity index (χ2n) is 11.8. The first-order valence-electron chi connectivity index (χ1n) is 14.8. The smallest absolute Gasteiger partial charge is 0.0458 e. The van der Waals surface area contributed by atoms with Gasteiger partial charge in [0.25, 0.3) is 0 Å². The second-order valence-corrected chi connectivity index (χ2v) is 12.9. The van der Waals surface area contributed by atoms with E-state index in [1.54, 1.807) is 0 Å². The van der Waals surface area contributed by atoms with Crippen molar-refractivity contribution in [3.63, 3.8) is 0 Å². The van der Waals surface area contributed by atoms with E-state index in [2.05, 4.69) is 98.6 Å². The summed E-state index contributed by atoms with van der Waals surface area (Å²) in [5.74, 6) is 0.647. The van der Waals surface area contributed by atoms with Crippen molar-refractivity contribution in [3.8, 4) is 0 Å². The molecule has 0 aromatic heterocycles. The van der Waals surface area contributed by atoms with Gasteiger partial charge in [-0.15, -0.1) is 23.2 Å². The van der Waals surface area contributed by atoms with Gasteiger partial charge in [-0.25, -0.2) is 0 Å². The van der Waals surface area contributed by atoms with Gasteiger partial charge in [0.15, 0.2) is 0 Å². The highest BCUT2D eigenvalue weighted by Crippen LogP contribution is 2.35. The van der Waals surface area contributed by atoms with E-state index in [9.17, 15) is 0 Å². The molecule has 236 valence electrons. The van der Waals surface area contributed by atoms with Gasteiger partial charge in [-0.1, -0.05) is 7.43 Å². The Balaban J connectivity index is 0.000000629. The topological polar surface area (TPSA) is 53.3 Å². The first kappa shape index (κ1) is 39.5. The molecule has 0 radical (unpaired) electrons. The van der Waals surface area contributed by atoms with Gasteiger partial charge in [0, 0.05) is 60.4 Å². The minimum Gasteiger partial charge on any atom is -0.398 e. The van der Waals surface area contributed by atoms with Crippen LogP contribution in [0, 0.1) is 69.2 Å². The molecule has 0 saturated carbocycles. The van der Waals surface area contributed by atoms with Crippen molar-refractivity contribution >= 4 is 34.6 Å². The molecule has 1 heterocycles. The van der Waals surface area contributed by atoms with Crippen LogP contribution in [0.3, 0.4) is 0 Å². The van der Waals surface area contributed by atoms with E-state index >= 15 is 0 Å². The Kier molecular flexibility index (Phi) is 17.0. The predicted octanol–water partition coefficient (Wildman–Crippen LogP) is 8.69. The number of piperazine rings is 1. The molecule has 1 fully saturated rings. The fourth-order valence-corrected chi connectivity index (χ4v) is 5.46. The molecule has 2 aromatic carbocycles. The standard InChI is InChI=1S/C17H28N2.C11H17N.C6H13Cl2N.CH4/c1-10-11(2)13(4)17(14(5)12(10)3)19-9-8-18-15(6)16(19)7;1-6-7(2)9(4)11(12)10(5)8(6)3;1-5(8)6(2)9-4-3-7;/h15-16,18H,8-9H2,1-7H3;12H2,1-5H3;5-6,9H,3-4H2,1-2H3;1H4. The summed E-state index contributed by atoms with van der Waals surface area (Å²) in [6.07, 6.45) is 0. The third-order valence-electron chi connectivity index (χ3n) is 9.59. The van der Waals surface area contributed by atoms with Crippen molar-refractivity contribution in [2.24, 2.45) is 0 Å². The molecule has 41 heavy (non-hydrogen) atoms. The third kappa shape index (κ3) is 9.78. The fraction of sp³-hybridized carbons (Fsp3) is 0.657. The average molecular weight is 610 g/mol. The molecule has 0 aliphatic carbocycles. The minimum absolute atomic E-state index is 0. The SMILES string of the molecule is C.CC(Cl)C(C)NCCCl.Cc1c(C)c(C)c(N)c(C)c1C.Cc1c(C)c(C)c(N2CCNC(C)C2C)c(C)c1C. The maximum atomic E-state index is 5.95. The van der Waals surface area contributed by atoms with Crippen LogP contribution >= 0.6 is 23.2 Å². The molecule has 4 N–H and O–H groups in total. The summed E-state index contributed by atoms with van der Waals surface area (Å²) in [4.78, 5) is 2.60. The second kappa shape index (κ2) is 17.6. The van der Waals surface area contributed by atoms with Gasteiger partial charge >= 0.3 is 0 Å². The molecule has 0 bridgehead atoms. The van der Waals surface area contributed by atoms with Gasteiger partial charge in [-0.05, 0) is 153 Å². The summed E-state index contributed by atoms with van der Waals surface area (Å²) >= 11 is 11.2. The zero-order valence-electron chi connectivity index (χ0n) is 27.9. The number of nitrogens with zero attached hydrogens (tertiary/aromatic N) is 1. The predicted molar refractivity (Wildman–Crippen MR) is 189 cm³/mol. The van der Waals surface area contributed by atoms with E-state index in [4.69, 9.17) is 28.9 Å². The maximum Gasteiger partial charge on any atom is 0.0458 e. The Hall–Kier alpha value is -1.46. The first-order valence-corrected chi connectivity index (χ1v) is 15.8. The highest BCUT2D eigenvalue weighted by molar-refractivity contribution is 6.20. The van der Waals surface area contributed by atoms with Gasteiger partial charge in [-0.2, -0.15) is 0 Å². The summed E-state index contributed by atoms with van der Waals surface area (Å²) in [5, 5.41) is 6.91. The number of rotatable bonds is 5. The molecule has 3 rings (SSSR count). The van der Waals surface area contributed by atoms with Gasteiger partial charge in [0.05, 0.1) is 0 Å². The lowest BCUT2D eigenvalue weighted by Gasteiger charge is -2.42. The summed E-state index contributed by atoms with van der Waals surface area (Å²) < 4.78 is 0. The van der Waals surface area contributed by atoms with Crippen LogP contribution in [-0.2, 0) is 0 Å². The van der Waals surface area contributed by atoms with E-state index in [1.165, 1.54) is 61.3 Å². The van der Waals surface area contributed by atoms with Crippen LogP contribution in [0.2, 0.25) is 0 Å². The van der Waals surface area contributed by atoms with Crippen molar-refractivity contribution in [2.75, 3.05) is 36.1 Å². The van der Waals surface area contributed by atoms with Crippen LogP contribution in [0.15, 0.2) is 0 Å². The third-order valence-corrected chi connectivity index (χ3v) is 10.2. The number of hydrogen-bond acceptors (Lipinski definition) is 4. The lowest BCUT2D eigenvalue weighted by Crippen LogP contribution is -2.56. The van der Waals surface area contributed by atoms with Crippen LogP contribution in [0.25, 0.3) is 0 Å². The zero-order chi connectivity index (χ0) is 31.1. The summed E-state index contributed by atoms with van der Waals surface area (Å²) in [6.45, 7) is 33.6. The molecule has 4 nitrogen and oxygen atoms in total. The fourth-order valence-electron chi connectivity index (χ4n) is 5.26. The number of alkyl halides is 2. The number of nitrogen functional groups attached to an aromatic ring is 1. The summed E-state index contributed by atoms with van der Waals surface area (Å²) in [5.41, 5.74) is 22.2. The molecule has 4 unspecified atom stereocenters. The Bertz CT molecular complexity index is 992. The maximum absolute atomic E-state index is 5.95. The van der Waals surface area contributed by atoms with Gasteiger partial charge < -0.3 is 21.3 Å². The molecular weight excluding hydrogens is 547 g/mol. The van der Waals surface area contributed by atoms with E-state index < -0.39 is 0 Å². The van der Waals surface area contributed by atoms with Crippen LogP contribution in [0.5, 0.6) is 0 Å². The van der Waals surface area contributed by atoms with E-state index in [0.717, 1.165) is 25.3 Å². The Morgan fingerprint density at radius 3 is 1.56 bits per heavy atom. The molecule has 1 saturated heterocycles. The largest absolute Gasteiger partial charge is 0.398 e. The highest BCUT2D eigenvalue weighted by atomic mass is 35.5. The number of nitrogens with two attached hydrogens (primary N) is 1. The van der Waals surface area contributed by atoms with E-state index in [1.807, 2.05) is 13.8 Å². The van der Waals surface area contributed by atoms with Crippen LogP contribution < -0.4 is 21.3 Å². The zero-order valence-corrected chi connectivity index (χ0v) is 29.4. The van der Waals surface area contributed by atoms with Crippen LogP contribution in [0.4, 0.5) is 11.4 Å². The molecule has 1 aliphatic rings. The van der Waals surface area contributed by atoms with Crippen molar-refractivity contribution in [1.29, 1.82) is 0 Å². The Morgan fingerprint density at radius 1 is 0.780 bits per heavy atom. The molecule has 0 spiro atoms. The highest BCUT2D eigenvalue weighted by Gasteiger charge is 2.27. The molecule has 4 atom stereocenters. The van der Waals surface area contributed by atoms with Gasteiger partial charge in [0.1, 0.15) is 0 Å². The van der Waals surface area contributed by atoms with Crippen LogP contribution in [0.1, 0.15) is 90.8 Å². The normalized spacial score (nSPS) is 17.9. The number of anilines is 2. The number of benzene rings is 2. The quantitative estimate of drug-likeness (QED) is 0.235. The molecule has 2 aromatic rings. The van der Waals surface area contributed by atoms with Crippen molar-refractivity contribution in [1.82, 2.24) is 10.6 Å². The van der Waals surface area contributed by atoms with Crippen molar-refractivity contribution < 1.29 is 0 Å². The van der Waals surface area contributed by atoms with Crippen molar-refractivity contribution in [3.05, 3.63) is 55.6 Å². The number of halogens is 2. The first-order chi connectivity index (χ1) is 18.5. The van der Waals surface area contributed by atoms with Gasteiger partial charge in [0.2, 0.25) is 0 Å². The lowest BCUT2D eigenvalue weighted by atomic mass is 9.91. The van der Waals surface area contributed by atoms with E-state index in [0.29, 0.717) is 24.0 Å². The summed E-state index contributed by atoms with van der Waals surface area (Å²) in [6, 6.07) is 1.45.